The molecule has 2 heterocycles. The number of amides is 1. The van der Waals surface area contributed by atoms with Crippen molar-refractivity contribution >= 4 is 5.91 Å². The number of aromatic nitrogens is 3. The Balaban J connectivity index is 1.68. The molecule has 0 saturated carbocycles. The highest BCUT2D eigenvalue weighted by molar-refractivity contribution is 5.94. The van der Waals surface area contributed by atoms with Crippen LogP contribution in [0.25, 0.3) is 0 Å². The van der Waals surface area contributed by atoms with E-state index in [9.17, 15) is 9.90 Å². The zero-order valence-corrected chi connectivity index (χ0v) is 15.7. The van der Waals surface area contributed by atoms with E-state index in [2.05, 4.69) is 15.1 Å². The highest BCUT2D eigenvalue weighted by Crippen LogP contribution is 2.26. The Hall–Kier alpha value is -2.25. The Morgan fingerprint density at radius 1 is 1.38 bits per heavy atom. The third kappa shape index (κ3) is 4.28. The van der Waals surface area contributed by atoms with Gasteiger partial charge in [0.2, 0.25) is 0 Å². The molecule has 0 aliphatic carbocycles. The summed E-state index contributed by atoms with van der Waals surface area (Å²) in [5.41, 5.74) is 0.982. The molecule has 1 N–H and O–H groups in total. The maximum Gasteiger partial charge on any atom is 0.253 e. The summed E-state index contributed by atoms with van der Waals surface area (Å²) >= 11 is 0. The van der Waals surface area contributed by atoms with Crippen LogP contribution in [0.1, 0.15) is 34.6 Å². The number of β-amino-alcohol motifs (C(OH)–C–C–N with tert-alkyl or cyclic N) is 1. The maximum atomic E-state index is 12.2. The van der Waals surface area contributed by atoms with Gasteiger partial charge in [-0.25, -0.2) is 0 Å². The number of hydrogen-bond acceptors (Lipinski definition) is 5. The molecule has 140 valence electrons. The number of nitrogens with zero attached hydrogens (tertiary/aromatic N) is 5. The largest absolute Gasteiger partial charge is 0.388 e. The minimum absolute atomic E-state index is 0.00396. The van der Waals surface area contributed by atoms with Crippen molar-refractivity contribution in [1.82, 2.24) is 24.6 Å². The fraction of sp³-hybridized carbons (Fsp3) is 0.526. The number of piperidine rings is 1. The molecule has 3 rings (SSSR count). The Kier molecular flexibility index (Phi) is 5.38. The van der Waals surface area contributed by atoms with Gasteiger partial charge in [-0.3, -0.25) is 9.69 Å². The number of aliphatic hydroxyl groups is 1. The SMILES string of the molecule is CN(C)C(=O)c1cccc(CN2CCCC(O)(Cc3nncn3C)C2)c1. The quantitative estimate of drug-likeness (QED) is 0.867. The smallest absolute Gasteiger partial charge is 0.253 e. The van der Waals surface area contributed by atoms with Gasteiger partial charge in [0.1, 0.15) is 12.2 Å². The van der Waals surface area contributed by atoms with Crippen molar-refractivity contribution in [1.29, 1.82) is 0 Å². The second kappa shape index (κ2) is 7.55. The molecule has 1 aromatic heterocycles. The highest BCUT2D eigenvalue weighted by atomic mass is 16.3. The fourth-order valence-electron chi connectivity index (χ4n) is 3.57. The molecule has 1 amide bonds. The van der Waals surface area contributed by atoms with E-state index >= 15 is 0 Å². The lowest BCUT2D eigenvalue weighted by molar-refractivity contribution is -0.0344. The van der Waals surface area contributed by atoms with Gasteiger partial charge in [-0.05, 0) is 37.1 Å². The molecule has 0 bridgehead atoms. The van der Waals surface area contributed by atoms with Gasteiger partial charge in [0, 0.05) is 46.2 Å². The third-order valence-corrected chi connectivity index (χ3v) is 4.91. The van der Waals surface area contributed by atoms with Crippen molar-refractivity contribution in [2.45, 2.75) is 31.4 Å². The Morgan fingerprint density at radius 3 is 2.88 bits per heavy atom. The Morgan fingerprint density at radius 2 is 2.19 bits per heavy atom. The van der Waals surface area contributed by atoms with Crippen LogP contribution in [0.5, 0.6) is 0 Å². The van der Waals surface area contributed by atoms with Crippen LogP contribution in [-0.2, 0) is 20.0 Å². The number of hydrogen-bond donors (Lipinski definition) is 1. The Labute approximate surface area is 154 Å². The van der Waals surface area contributed by atoms with E-state index in [0.717, 1.165) is 37.3 Å². The Bertz CT molecular complexity index is 773. The summed E-state index contributed by atoms with van der Waals surface area (Å²) in [7, 11) is 5.41. The summed E-state index contributed by atoms with van der Waals surface area (Å²) in [6.07, 6.45) is 3.85. The van der Waals surface area contributed by atoms with E-state index in [-0.39, 0.29) is 5.91 Å². The molecule has 1 aromatic carbocycles. The van der Waals surface area contributed by atoms with E-state index in [1.807, 2.05) is 35.9 Å². The van der Waals surface area contributed by atoms with Gasteiger partial charge in [0.05, 0.1) is 5.60 Å². The van der Waals surface area contributed by atoms with Crippen LogP contribution in [0.3, 0.4) is 0 Å². The monoisotopic (exact) mass is 357 g/mol. The lowest BCUT2D eigenvalue weighted by Crippen LogP contribution is -2.49. The van der Waals surface area contributed by atoms with Gasteiger partial charge >= 0.3 is 0 Å². The molecular weight excluding hydrogens is 330 g/mol. The lowest BCUT2D eigenvalue weighted by atomic mass is 9.89. The molecule has 0 spiro atoms. The molecule has 0 radical (unpaired) electrons. The van der Waals surface area contributed by atoms with E-state index in [0.29, 0.717) is 18.5 Å². The van der Waals surface area contributed by atoms with Crippen molar-refractivity contribution in [3.05, 3.63) is 47.5 Å². The first-order chi connectivity index (χ1) is 12.4. The minimum atomic E-state index is -0.796. The number of benzene rings is 1. The maximum absolute atomic E-state index is 12.2. The average Bonchev–Trinajstić information content (AvgIpc) is 2.98. The first kappa shape index (κ1) is 18.5. The molecule has 1 unspecified atom stereocenters. The minimum Gasteiger partial charge on any atom is -0.388 e. The van der Waals surface area contributed by atoms with Gasteiger partial charge in [-0.2, -0.15) is 0 Å². The zero-order chi connectivity index (χ0) is 18.7. The summed E-state index contributed by atoms with van der Waals surface area (Å²) in [5.74, 6) is 0.803. The normalized spacial score (nSPS) is 20.9. The molecule has 1 saturated heterocycles. The van der Waals surface area contributed by atoms with E-state index < -0.39 is 5.60 Å². The van der Waals surface area contributed by atoms with Crippen LogP contribution in [0.15, 0.2) is 30.6 Å². The fourth-order valence-corrected chi connectivity index (χ4v) is 3.57. The van der Waals surface area contributed by atoms with Crippen LogP contribution in [0.2, 0.25) is 0 Å². The lowest BCUT2D eigenvalue weighted by Gasteiger charge is -2.39. The number of carbonyl (C=O) groups excluding carboxylic acids is 1. The molecule has 1 aliphatic heterocycles. The van der Waals surface area contributed by atoms with Crippen molar-refractivity contribution in [3.63, 3.8) is 0 Å². The molecule has 1 atom stereocenters. The summed E-state index contributed by atoms with van der Waals surface area (Å²) in [6, 6.07) is 7.73. The summed E-state index contributed by atoms with van der Waals surface area (Å²) in [4.78, 5) is 16.0. The van der Waals surface area contributed by atoms with Crippen LogP contribution >= 0.6 is 0 Å². The van der Waals surface area contributed by atoms with Crippen molar-refractivity contribution < 1.29 is 9.90 Å². The number of carbonyl (C=O) groups is 1. The number of aryl methyl sites for hydroxylation is 1. The predicted octanol–water partition coefficient (Wildman–Crippen LogP) is 1.09. The van der Waals surface area contributed by atoms with Gasteiger partial charge in [0.15, 0.2) is 0 Å². The first-order valence-electron chi connectivity index (χ1n) is 8.94. The van der Waals surface area contributed by atoms with E-state index in [4.69, 9.17) is 0 Å². The molecule has 26 heavy (non-hydrogen) atoms. The highest BCUT2D eigenvalue weighted by Gasteiger charge is 2.34. The van der Waals surface area contributed by atoms with Gasteiger partial charge in [-0.1, -0.05) is 12.1 Å². The topological polar surface area (TPSA) is 74.5 Å². The summed E-state index contributed by atoms with van der Waals surface area (Å²) in [6.45, 7) is 2.24. The third-order valence-electron chi connectivity index (χ3n) is 4.91. The van der Waals surface area contributed by atoms with Crippen molar-refractivity contribution in [2.75, 3.05) is 27.2 Å². The average molecular weight is 357 g/mol. The molecule has 7 nitrogen and oxygen atoms in total. The van der Waals surface area contributed by atoms with Crippen molar-refractivity contribution in [3.8, 4) is 0 Å². The number of likely N-dealkylation sites (tertiary alicyclic amines) is 1. The molecule has 2 aromatic rings. The van der Waals surface area contributed by atoms with E-state index in [1.54, 1.807) is 25.3 Å². The first-order valence-corrected chi connectivity index (χ1v) is 8.94. The zero-order valence-electron chi connectivity index (χ0n) is 15.7. The summed E-state index contributed by atoms with van der Waals surface area (Å²) < 4.78 is 1.85. The van der Waals surface area contributed by atoms with Gasteiger partial charge in [0.25, 0.3) is 5.91 Å². The second-order valence-electron chi connectivity index (χ2n) is 7.47. The van der Waals surface area contributed by atoms with Crippen LogP contribution in [0, 0.1) is 0 Å². The van der Waals surface area contributed by atoms with Crippen molar-refractivity contribution in [2.24, 2.45) is 7.05 Å². The molecular formula is C19H27N5O2. The second-order valence-corrected chi connectivity index (χ2v) is 7.47. The van der Waals surface area contributed by atoms with Crippen LogP contribution in [-0.4, -0.2) is 68.4 Å². The van der Waals surface area contributed by atoms with Gasteiger partial charge in [-0.15, -0.1) is 10.2 Å². The van der Waals surface area contributed by atoms with Crippen LogP contribution < -0.4 is 0 Å². The van der Waals surface area contributed by atoms with E-state index in [1.165, 1.54) is 0 Å². The van der Waals surface area contributed by atoms with Gasteiger partial charge < -0.3 is 14.6 Å². The molecule has 1 aliphatic rings. The predicted molar refractivity (Wildman–Crippen MR) is 98.6 cm³/mol. The molecule has 1 fully saturated rings. The molecule has 7 heteroatoms. The summed E-state index contributed by atoms with van der Waals surface area (Å²) in [5, 5.41) is 19.0. The van der Waals surface area contributed by atoms with Crippen LogP contribution in [0.4, 0.5) is 0 Å². The number of rotatable bonds is 5. The standard InChI is InChI=1S/C19H27N5O2/c1-22(2)18(25)16-7-4-6-15(10-16)12-24-9-5-8-19(26,13-24)11-17-21-20-14-23(17)3/h4,6-7,10,14,26H,5,8-9,11-13H2,1-3H3.